The summed E-state index contributed by atoms with van der Waals surface area (Å²) in [4.78, 5) is 14.9. The molecular formula is C17H14ClFN2O3S. The monoisotopic (exact) mass is 380 g/mol. The zero-order chi connectivity index (χ0) is 18.1. The Morgan fingerprint density at radius 1 is 1.36 bits per heavy atom. The van der Waals surface area contributed by atoms with E-state index in [-0.39, 0.29) is 5.19 Å². The van der Waals surface area contributed by atoms with Crippen molar-refractivity contribution in [1.82, 2.24) is 4.98 Å². The lowest BCUT2D eigenvalue weighted by molar-refractivity contribution is 0.210. The Morgan fingerprint density at radius 3 is 2.84 bits per heavy atom. The Balaban J connectivity index is 1.87. The summed E-state index contributed by atoms with van der Waals surface area (Å²) in [6, 6.07) is 8.15. The number of nitrogens with zero attached hydrogens (tertiary/aromatic N) is 1. The number of amides is 1. The lowest BCUT2D eigenvalue weighted by Gasteiger charge is -2.18. The van der Waals surface area contributed by atoms with E-state index >= 15 is 0 Å². The van der Waals surface area contributed by atoms with Gasteiger partial charge in [-0.05, 0) is 43.7 Å². The maximum absolute atomic E-state index is 14.1. The van der Waals surface area contributed by atoms with E-state index in [0.29, 0.717) is 21.9 Å². The highest BCUT2D eigenvalue weighted by atomic mass is 35.5. The SMILES string of the molecule is Cc1ccc(F)c(C(C)Oc2ccc3nc(OC(N)=O)sc3c2)c1Cl. The van der Waals surface area contributed by atoms with Gasteiger partial charge in [-0.2, -0.15) is 0 Å². The van der Waals surface area contributed by atoms with Crippen LogP contribution in [0.4, 0.5) is 9.18 Å². The molecule has 0 bridgehead atoms. The Morgan fingerprint density at radius 2 is 2.12 bits per heavy atom. The van der Waals surface area contributed by atoms with Crippen LogP contribution in [0.3, 0.4) is 0 Å². The van der Waals surface area contributed by atoms with Crippen LogP contribution in [0.1, 0.15) is 24.2 Å². The summed E-state index contributed by atoms with van der Waals surface area (Å²) in [6.07, 6.45) is -1.51. The van der Waals surface area contributed by atoms with Gasteiger partial charge in [-0.15, -0.1) is 0 Å². The summed E-state index contributed by atoms with van der Waals surface area (Å²) in [7, 11) is 0. The Bertz CT molecular complexity index is 960. The minimum atomic E-state index is -0.922. The van der Waals surface area contributed by atoms with Crippen molar-refractivity contribution in [2.24, 2.45) is 5.73 Å². The van der Waals surface area contributed by atoms with E-state index in [9.17, 15) is 9.18 Å². The molecule has 8 heteroatoms. The first-order valence-corrected chi connectivity index (χ1v) is 8.53. The van der Waals surface area contributed by atoms with Crippen molar-refractivity contribution in [2.45, 2.75) is 20.0 Å². The van der Waals surface area contributed by atoms with E-state index in [1.165, 1.54) is 6.07 Å². The summed E-state index contributed by atoms with van der Waals surface area (Å²) >= 11 is 7.38. The van der Waals surface area contributed by atoms with Crippen molar-refractivity contribution in [3.8, 4) is 10.9 Å². The van der Waals surface area contributed by atoms with E-state index in [2.05, 4.69) is 4.98 Å². The average Bonchev–Trinajstić information content (AvgIpc) is 2.92. The van der Waals surface area contributed by atoms with E-state index in [4.69, 9.17) is 26.8 Å². The van der Waals surface area contributed by atoms with Gasteiger partial charge in [0, 0.05) is 5.56 Å². The van der Waals surface area contributed by atoms with Crippen LogP contribution in [0.25, 0.3) is 10.2 Å². The molecule has 0 aliphatic carbocycles. The smallest absolute Gasteiger partial charge is 0.411 e. The number of benzene rings is 2. The number of aryl methyl sites for hydroxylation is 1. The van der Waals surface area contributed by atoms with Crippen molar-refractivity contribution in [3.05, 3.63) is 52.3 Å². The number of primary amides is 1. The lowest BCUT2D eigenvalue weighted by atomic mass is 10.1. The highest BCUT2D eigenvalue weighted by Crippen LogP contribution is 2.35. The number of fused-ring (bicyclic) bond motifs is 1. The van der Waals surface area contributed by atoms with E-state index < -0.39 is 18.0 Å². The number of carbonyl (C=O) groups excluding carboxylic acids is 1. The molecule has 1 unspecified atom stereocenters. The molecule has 2 aromatic carbocycles. The molecule has 0 spiro atoms. The molecule has 2 N–H and O–H groups in total. The minimum Gasteiger partial charge on any atom is -0.486 e. The molecule has 0 saturated carbocycles. The quantitative estimate of drug-likeness (QED) is 0.691. The minimum absolute atomic E-state index is 0.153. The molecule has 1 amide bonds. The van der Waals surface area contributed by atoms with Crippen molar-refractivity contribution < 1.29 is 18.7 Å². The average molecular weight is 381 g/mol. The maximum atomic E-state index is 14.1. The Labute approximate surface area is 152 Å². The van der Waals surface area contributed by atoms with Gasteiger partial charge in [0.2, 0.25) is 0 Å². The van der Waals surface area contributed by atoms with Crippen LogP contribution in [-0.4, -0.2) is 11.1 Å². The lowest BCUT2D eigenvalue weighted by Crippen LogP contribution is -2.15. The molecule has 0 aliphatic heterocycles. The summed E-state index contributed by atoms with van der Waals surface area (Å²) < 4.78 is 25.5. The van der Waals surface area contributed by atoms with Crippen molar-refractivity contribution >= 4 is 39.2 Å². The number of carbonyl (C=O) groups is 1. The largest absolute Gasteiger partial charge is 0.486 e. The molecule has 5 nitrogen and oxygen atoms in total. The molecule has 3 rings (SSSR count). The fraction of sp³-hybridized carbons (Fsp3) is 0.176. The molecule has 0 fully saturated rings. The molecule has 1 atom stereocenters. The molecule has 0 saturated heterocycles. The number of rotatable bonds is 4. The van der Waals surface area contributed by atoms with Gasteiger partial charge in [0.15, 0.2) is 0 Å². The van der Waals surface area contributed by atoms with Gasteiger partial charge in [0.1, 0.15) is 17.7 Å². The first-order valence-electron chi connectivity index (χ1n) is 7.34. The Hall–Kier alpha value is -2.38. The predicted molar refractivity (Wildman–Crippen MR) is 95.0 cm³/mol. The normalized spacial score (nSPS) is 12.2. The second-order valence-corrected chi connectivity index (χ2v) is 6.75. The molecule has 1 aromatic heterocycles. The summed E-state index contributed by atoms with van der Waals surface area (Å²) in [5, 5.41) is 0.504. The van der Waals surface area contributed by atoms with Gasteiger partial charge in [0.25, 0.3) is 5.19 Å². The van der Waals surface area contributed by atoms with Crippen LogP contribution in [0, 0.1) is 12.7 Å². The number of hydrogen-bond donors (Lipinski definition) is 1. The second kappa shape index (κ2) is 6.85. The number of thiazole rings is 1. The van der Waals surface area contributed by atoms with Crippen LogP contribution >= 0.6 is 22.9 Å². The zero-order valence-corrected chi connectivity index (χ0v) is 15.0. The van der Waals surface area contributed by atoms with Gasteiger partial charge >= 0.3 is 6.09 Å². The second-order valence-electron chi connectivity index (χ2n) is 5.38. The summed E-state index contributed by atoms with van der Waals surface area (Å²) in [5.41, 5.74) is 6.71. The standard InChI is InChI=1S/C17H14ClFN2O3S/c1-8-3-5-11(19)14(15(8)18)9(2)23-10-4-6-12-13(7-10)25-17(21-12)24-16(20)22/h3-7,9H,1-2H3,(H2,20,22). The molecule has 0 aliphatic rings. The molecule has 3 aromatic rings. The van der Waals surface area contributed by atoms with Crippen LogP contribution < -0.4 is 15.2 Å². The first-order chi connectivity index (χ1) is 11.8. The van der Waals surface area contributed by atoms with E-state index in [1.807, 2.05) is 6.92 Å². The number of ether oxygens (including phenoxy) is 2. The first kappa shape index (κ1) is 17.4. The third-order valence-corrected chi connectivity index (χ3v) is 4.97. The number of halogens is 2. The van der Waals surface area contributed by atoms with Crippen LogP contribution in [0.15, 0.2) is 30.3 Å². The molecule has 25 heavy (non-hydrogen) atoms. The third kappa shape index (κ3) is 3.67. The van der Waals surface area contributed by atoms with Crippen LogP contribution in [0.2, 0.25) is 5.02 Å². The Kier molecular flexibility index (Phi) is 4.78. The highest BCUT2D eigenvalue weighted by molar-refractivity contribution is 7.20. The topological polar surface area (TPSA) is 74.4 Å². The third-order valence-electron chi connectivity index (χ3n) is 3.57. The number of nitrogens with two attached hydrogens (primary N) is 1. The van der Waals surface area contributed by atoms with Gasteiger partial charge in [0.05, 0.1) is 15.2 Å². The fourth-order valence-corrected chi connectivity index (χ4v) is 3.56. The van der Waals surface area contributed by atoms with Crippen molar-refractivity contribution in [1.29, 1.82) is 0 Å². The molecule has 0 radical (unpaired) electrons. The predicted octanol–water partition coefficient (Wildman–Crippen LogP) is 4.99. The number of hydrogen-bond acceptors (Lipinski definition) is 5. The highest BCUT2D eigenvalue weighted by Gasteiger charge is 2.18. The molecule has 1 heterocycles. The molecule has 130 valence electrons. The van der Waals surface area contributed by atoms with Gasteiger partial charge in [-0.25, -0.2) is 14.2 Å². The van der Waals surface area contributed by atoms with Gasteiger partial charge in [-0.3, -0.25) is 0 Å². The van der Waals surface area contributed by atoms with E-state index in [0.717, 1.165) is 21.6 Å². The fourth-order valence-electron chi connectivity index (χ4n) is 2.40. The molecular weight excluding hydrogens is 367 g/mol. The summed E-state index contributed by atoms with van der Waals surface area (Å²) in [6.45, 7) is 3.53. The van der Waals surface area contributed by atoms with Crippen LogP contribution in [-0.2, 0) is 0 Å². The summed E-state index contributed by atoms with van der Waals surface area (Å²) in [5.74, 6) is 0.102. The van der Waals surface area contributed by atoms with Crippen molar-refractivity contribution in [2.75, 3.05) is 0 Å². The van der Waals surface area contributed by atoms with E-state index in [1.54, 1.807) is 31.2 Å². The zero-order valence-electron chi connectivity index (χ0n) is 13.4. The van der Waals surface area contributed by atoms with Crippen molar-refractivity contribution in [3.63, 3.8) is 0 Å². The van der Waals surface area contributed by atoms with Crippen LogP contribution in [0.5, 0.6) is 10.9 Å². The van der Waals surface area contributed by atoms with Gasteiger partial charge in [-0.1, -0.05) is 29.0 Å². The van der Waals surface area contributed by atoms with Gasteiger partial charge < -0.3 is 15.2 Å². The number of aromatic nitrogens is 1. The maximum Gasteiger partial charge on any atom is 0.411 e.